The van der Waals surface area contributed by atoms with Crippen molar-refractivity contribution in [2.75, 3.05) is 12.4 Å². The van der Waals surface area contributed by atoms with E-state index in [1.165, 1.54) is 19.2 Å². The smallest absolute Gasteiger partial charge is 0.355 e. The molecule has 0 saturated heterocycles. The molecule has 0 aliphatic rings. The molecule has 0 aliphatic heterocycles. The van der Waals surface area contributed by atoms with Gasteiger partial charge in [0.25, 0.3) is 5.91 Å². The predicted molar refractivity (Wildman–Crippen MR) is 77.1 cm³/mol. The van der Waals surface area contributed by atoms with Gasteiger partial charge in [-0.05, 0) is 25.1 Å². The second-order valence-corrected chi connectivity index (χ2v) is 4.62. The minimum Gasteiger partial charge on any atom is -0.355 e. The fourth-order valence-electron chi connectivity index (χ4n) is 1.96. The van der Waals surface area contributed by atoms with Crippen LogP contribution in [0.2, 0.25) is 0 Å². The molecular weight excluding hydrogens is 295 g/mol. The molecule has 116 valence electrons. The van der Waals surface area contributed by atoms with Gasteiger partial charge in [0.15, 0.2) is 0 Å². The summed E-state index contributed by atoms with van der Waals surface area (Å²) in [4.78, 5) is 15.5. The number of pyridine rings is 1. The van der Waals surface area contributed by atoms with E-state index >= 15 is 0 Å². The van der Waals surface area contributed by atoms with E-state index in [4.69, 9.17) is 0 Å². The number of halogens is 3. The molecule has 4 nitrogen and oxygen atoms in total. The number of alkyl halides is 3. The Balaban J connectivity index is 2.48. The van der Waals surface area contributed by atoms with Crippen LogP contribution in [0.3, 0.4) is 0 Å². The fourth-order valence-corrected chi connectivity index (χ4v) is 1.96. The molecule has 0 saturated carbocycles. The van der Waals surface area contributed by atoms with Gasteiger partial charge in [0.1, 0.15) is 0 Å². The number of para-hydroxylation sites is 1. The van der Waals surface area contributed by atoms with E-state index in [9.17, 15) is 18.0 Å². The normalized spacial score (nSPS) is 11.1. The van der Waals surface area contributed by atoms with Crippen molar-refractivity contribution in [2.24, 2.45) is 0 Å². The van der Waals surface area contributed by atoms with E-state index in [1.807, 2.05) is 0 Å². The zero-order chi connectivity index (χ0) is 16.3. The van der Waals surface area contributed by atoms with Crippen molar-refractivity contribution in [3.8, 4) is 0 Å². The Morgan fingerprint density at radius 3 is 2.50 bits per heavy atom. The number of carbonyl (C=O) groups is 1. The minimum absolute atomic E-state index is 0.142. The molecule has 1 heterocycles. The molecule has 2 rings (SSSR count). The fraction of sp³-hybridized carbons (Fsp3) is 0.200. The minimum atomic E-state index is -4.54. The Morgan fingerprint density at radius 1 is 1.18 bits per heavy atom. The van der Waals surface area contributed by atoms with Crippen LogP contribution in [0.5, 0.6) is 0 Å². The number of nitrogens with one attached hydrogen (secondary N) is 2. The molecule has 2 N–H and O–H groups in total. The molecule has 0 bridgehead atoms. The lowest BCUT2D eigenvalue weighted by molar-refractivity contribution is -0.137. The molecule has 0 fully saturated rings. The van der Waals surface area contributed by atoms with E-state index in [0.29, 0.717) is 5.69 Å². The second kappa shape index (κ2) is 6.05. The molecule has 0 atom stereocenters. The van der Waals surface area contributed by atoms with Gasteiger partial charge in [0, 0.05) is 18.9 Å². The number of aromatic nitrogens is 1. The van der Waals surface area contributed by atoms with E-state index in [1.54, 1.807) is 25.1 Å². The average molecular weight is 309 g/mol. The summed E-state index contributed by atoms with van der Waals surface area (Å²) in [6.45, 7) is 1.59. The van der Waals surface area contributed by atoms with E-state index in [2.05, 4.69) is 15.6 Å². The summed E-state index contributed by atoms with van der Waals surface area (Å²) in [5.74, 6) is -0.387. The van der Waals surface area contributed by atoms with Gasteiger partial charge < -0.3 is 10.6 Å². The number of benzene rings is 1. The first kappa shape index (κ1) is 15.8. The predicted octanol–water partition coefficient (Wildman–Crippen LogP) is 3.51. The van der Waals surface area contributed by atoms with Gasteiger partial charge in [0.2, 0.25) is 0 Å². The van der Waals surface area contributed by atoms with Crippen molar-refractivity contribution < 1.29 is 18.0 Å². The molecule has 1 aromatic carbocycles. The standard InChI is InChI=1S/C15H14F3N3O/c1-9-7-13(11(8-20-9)15(16,17)18)21-12-6-4-3-5-10(12)14(22)19-2/h3-8H,1-2H3,(H,19,22)(H,20,21). The molecule has 0 unspecified atom stereocenters. The Kier molecular flexibility index (Phi) is 4.35. The number of rotatable bonds is 3. The van der Waals surface area contributed by atoms with Gasteiger partial charge in [-0.2, -0.15) is 13.2 Å². The lowest BCUT2D eigenvalue weighted by Crippen LogP contribution is -2.19. The number of hydrogen-bond acceptors (Lipinski definition) is 3. The zero-order valence-corrected chi connectivity index (χ0v) is 12.0. The van der Waals surface area contributed by atoms with Crippen molar-refractivity contribution in [3.05, 3.63) is 53.3 Å². The third-order valence-electron chi connectivity index (χ3n) is 3.01. The van der Waals surface area contributed by atoms with Crippen LogP contribution in [0.4, 0.5) is 24.5 Å². The molecule has 2 aromatic rings. The summed E-state index contributed by atoms with van der Waals surface area (Å²) in [6, 6.07) is 7.64. The average Bonchev–Trinajstić information content (AvgIpc) is 2.46. The zero-order valence-electron chi connectivity index (χ0n) is 12.0. The maximum atomic E-state index is 13.0. The highest BCUT2D eigenvalue weighted by atomic mass is 19.4. The Labute approximate surface area is 125 Å². The Bertz CT molecular complexity index is 699. The van der Waals surface area contributed by atoms with Crippen molar-refractivity contribution in [1.82, 2.24) is 10.3 Å². The summed E-state index contributed by atoms with van der Waals surface area (Å²) in [7, 11) is 1.46. The molecule has 1 amide bonds. The largest absolute Gasteiger partial charge is 0.419 e. The molecule has 22 heavy (non-hydrogen) atoms. The molecule has 1 aromatic heterocycles. The number of anilines is 2. The van der Waals surface area contributed by atoms with Crippen LogP contribution in [-0.2, 0) is 6.18 Å². The monoisotopic (exact) mass is 309 g/mol. The summed E-state index contributed by atoms with van der Waals surface area (Å²) >= 11 is 0. The number of aryl methyl sites for hydroxylation is 1. The summed E-state index contributed by atoms with van der Waals surface area (Å²) < 4.78 is 39.1. The van der Waals surface area contributed by atoms with Gasteiger partial charge >= 0.3 is 6.18 Å². The Hall–Kier alpha value is -2.57. The number of hydrogen-bond donors (Lipinski definition) is 2. The van der Waals surface area contributed by atoms with Gasteiger partial charge in [0.05, 0.1) is 22.5 Å². The maximum Gasteiger partial charge on any atom is 0.419 e. The van der Waals surface area contributed by atoms with Gasteiger partial charge in [-0.1, -0.05) is 12.1 Å². The van der Waals surface area contributed by atoms with Crippen molar-refractivity contribution in [2.45, 2.75) is 13.1 Å². The molecule has 0 spiro atoms. The first-order chi connectivity index (χ1) is 10.3. The van der Waals surface area contributed by atoms with Crippen molar-refractivity contribution in [3.63, 3.8) is 0 Å². The van der Waals surface area contributed by atoms with Crippen LogP contribution in [0, 0.1) is 6.92 Å². The van der Waals surface area contributed by atoms with Gasteiger partial charge in [-0.15, -0.1) is 0 Å². The number of nitrogens with zero attached hydrogens (tertiary/aromatic N) is 1. The van der Waals surface area contributed by atoms with Gasteiger partial charge in [-0.25, -0.2) is 0 Å². The highest BCUT2D eigenvalue weighted by Gasteiger charge is 2.34. The van der Waals surface area contributed by atoms with Gasteiger partial charge in [-0.3, -0.25) is 9.78 Å². The summed E-state index contributed by atoms with van der Waals surface area (Å²) in [5, 5.41) is 5.13. The number of amides is 1. The van der Waals surface area contributed by atoms with E-state index in [-0.39, 0.29) is 22.8 Å². The quantitative estimate of drug-likeness (QED) is 0.912. The lowest BCUT2D eigenvalue weighted by atomic mass is 10.1. The van der Waals surface area contributed by atoms with Crippen LogP contribution in [0.15, 0.2) is 36.5 Å². The summed E-state index contributed by atoms with van der Waals surface area (Å²) in [5.41, 5.74) is -0.0420. The maximum absolute atomic E-state index is 13.0. The third-order valence-corrected chi connectivity index (χ3v) is 3.01. The van der Waals surface area contributed by atoms with Crippen LogP contribution in [-0.4, -0.2) is 17.9 Å². The highest BCUT2D eigenvalue weighted by Crippen LogP contribution is 2.36. The van der Waals surface area contributed by atoms with Crippen LogP contribution in [0.25, 0.3) is 0 Å². The topological polar surface area (TPSA) is 54.0 Å². The molecule has 7 heteroatoms. The van der Waals surface area contributed by atoms with E-state index in [0.717, 1.165) is 6.20 Å². The van der Waals surface area contributed by atoms with Crippen molar-refractivity contribution in [1.29, 1.82) is 0 Å². The van der Waals surface area contributed by atoms with E-state index < -0.39 is 11.7 Å². The highest BCUT2D eigenvalue weighted by molar-refractivity contribution is 6.00. The lowest BCUT2D eigenvalue weighted by Gasteiger charge is -2.16. The molecular formula is C15H14F3N3O. The first-order valence-electron chi connectivity index (χ1n) is 6.45. The molecule has 0 radical (unpaired) electrons. The van der Waals surface area contributed by atoms with Crippen LogP contribution in [0.1, 0.15) is 21.6 Å². The van der Waals surface area contributed by atoms with Crippen LogP contribution < -0.4 is 10.6 Å². The number of carbonyl (C=O) groups excluding carboxylic acids is 1. The second-order valence-electron chi connectivity index (χ2n) is 4.62. The van der Waals surface area contributed by atoms with Crippen LogP contribution >= 0.6 is 0 Å². The molecule has 0 aliphatic carbocycles. The third kappa shape index (κ3) is 3.36. The Morgan fingerprint density at radius 2 is 1.86 bits per heavy atom. The SMILES string of the molecule is CNC(=O)c1ccccc1Nc1cc(C)ncc1C(F)(F)F. The van der Waals surface area contributed by atoms with Crippen molar-refractivity contribution >= 4 is 17.3 Å². The first-order valence-corrected chi connectivity index (χ1v) is 6.45. The summed E-state index contributed by atoms with van der Waals surface area (Å²) in [6.07, 6.45) is -3.76.